The van der Waals surface area contributed by atoms with Crippen LogP contribution in [-0.2, 0) is 33.0 Å². The van der Waals surface area contributed by atoms with Gasteiger partial charge in [-0.05, 0) is 49.1 Å². The number of amides is 1. The number of anilines is 1. The van der Waals surface area contributed by atoms with Crippen LogP contribution in [0.15, 0.2) is 42.5 Å². The first kappa shape index (κ1) is 22.6. The highest BCUT2D eigenvalue weighted by atomic mass is 32.1. The number of hydrogen-bond donors (Lipinski definition) is 1. The molecule has 1 N–H and O–H groups in total. The van der Waals surface area contributed by atoms with Crippen LogP contribution in [0.25, 0.3) is 0 Å². The molecule has 1 fully saturated rings. The van der Waals surface area contributed by atoms with Gasteiger partial charge in [-0.3, -0.25) is 4.79 Å². The average Bonchev–Trinajstić information content (AvgIpc) is 3.39. The summed E-state index contributed by atoms with van der Waals surface area (Å²) in [6.07, 6.45) is 2.16. The number of fused-ring (bicyclic) bond motifs is 1. The molecule has 2 aromatic carbocycles. The number of carbonyl (C=O) groups excluding carboxylic acids is 1. The Bertz CT molecular complexity index is 1190. The third-order valence-corrected chi connectivity index (χ3v) is 7.06. The molecular formula is C25H26N2O6S. The van der Waals surface area contributed by atoms with Crippen molar-refractivity contribution in [1.29, 1.82) is 0 Å². The van der Waals surface area contributed by atoms with Crippen LogP contribution in [0.2, 0.25) is 0 Å². The number of rotatable bonds is 10. The number of benzene rings is 2. The minimum Gasteiger partial charge on any atom is -0.496 e. The number of nitrogens with one attached hydrogen (secondary N) is 1. The lowest BCUT2D eigenvalue weighted by Gasteiger charge is -2.15. The third kappa shape index (κ3) is 4.46. The second-order valence-electron chi connectivity index (χ2n) is 8.15. The summed E-state index contributed by atoms with van der Waals surface area (Å²) in [7, 11) is 1.65. The van der Waals surface area contributed by atoms with Crippen LogP contribution < -0.4 is 19.5 Å². The smallest absolute Gasteiger partial charge is 0.236 e. The van der Waals surface area contributed by atoms with E-state index in [-0.39, 0.29) is 19.3 Å². The zero-order chi connectivity index (χ0) is 23.5. The Morgan fingerprint density at radius 1 is 1.15 bits per heavy atom. The van der Waals surface area contributed by atoms with Gasteiger partial charge in [0.25, 0.3) is 0 Å². The van der Waals surface area contributed by atoms with E-state index in [1.807, 2.05) is 49.4 Å². The van der Waals surface area contributed by atoms with Crippen molar-refractivity contribution < 1.29 is 28.8 Å². The Labute approximate surface area is 201 Å². The van der Waals surface area contributed by atoms with Gasteiger partial charge in [-0.15, -0.1) is 11.3 Å². The van der Waals surface area contributed by atoms with Crippen LogP contribution in [0.4, 0.5) is 5.13 Å². The van der Waals surface area contributed by atoms with Crippen molar-refractivity contribution in [1.82, 2.24) is 4.98 Å². The number of ether oxygens (including phenoxy) is 3. The molecule has 8 nitrogen and oxygen atoms in total. The maximum absolute atomic E-state index is 13.3. The first-order valence-corrected chi connectivity index (χ1v) is 12.0. The first-order chi connectivity index (χ1) is 16.6. The maximum atomic E-state index is 13.3. The quantitative estimate of drug-likeness (QED) is 0.256. The van der Waals surface area contributed by atoms with Crippen LogP contribution in [0.5, 0.6) is 17.2 Å². The van der Waals surface area contributed by atoms with Gasteiger partial charge in [0.2, 0.25) is 12.7 Å². The Hall–Kier alpha value is -3.14. The number of carbonyl (C=O) groups is 1. The van der Waals surface area contributed by atoms with Crippen molar-refractivity contribution in [2.75, 3.05) is 25.8 Å². The largest absolute Gasteiger partial charge is 0.496 e. The van der Waals surface area contributed by atoms with Gasteiger partial charge in [-0.2, -0.15) is 0 Å². The molecular weight excluding hydrogens is 456 g/mol. The van der Waals surface area contributed by atoms with Crippen molar-refractivity contribution in [2.24, 2.45) is 0 Å². The van der Waals surface area contributed by atoms with Crippen LogP contribution in [-0.4, -0.2) is 31.4 Å². The van der Waals surface area contributed by atoms with Crippen LogP contribution >= 0.6 is 11.3 Å². The second-order valence-corrected chi connectivity index (χ2v) is 9.23. The van der Waals surface area contributed by atoms with Gasteiger partial charge in [-0.25, -0.2) is 14.8 Å². The minimum absolute atomic E-state index is 0.0683. The topological polar surface area (TPSA) is 88.1 Å². The number of aromatic nitrogens is 1. The van der Waals surface area contributed by atoms with E-state index in [0.717, 1.165) is 40.3 Å². The average molecular weight is 483 g/mol. The summed E-state index contributed by atoms with van der Waals surface area (Å²) in [5.74, 6) is 2.12. The summed E-state index contributed by atoms with van der Waals surface area (Å²) in [5.41, 5.74) is 2.12. The Balaban J connectivity index is 1.36. The molecule has 1 aliphatic heterocycles. The van der Waals surface area contributed by atoms with Crippen LogP contribution in [0.3, 0.4) is 0 Å². The lowest BCUT2D eigenvalue weighted by Crippen LogP contribution is -2.27. The summed E-state index contributed by atoms with van der Waals surface area (Å²) in [4.78, 5) is 29.3. The van der Waals surface area contributed by atoms with Gasteiger partial charge in [0, 0.05) is 11.3 Å². The molecule has 0 radical (unpaired) electrons. The highest BCUT2D eigenvalue weighted by Crippen LogP contribution is 2.51. The molecule has 5 rings (SSSR count). The molecule has 34 heavy (non-hydrogen) atoms. The van der Waals surface area contributed by atoms with E-state index < -0.39 is 5.41 Å². The van der Waals surface area contributed by atoms with E-state index in [2.05, 4.69) is 10.3 Å². The van der Waals surface area contributed by atoms with Gasteiger partial charge >= 0.3 is 0 Å². The standard InChI is InChI=1S/C25H26N2O6S/c1-3-32-33-14-18-22(12-16-6-4-5-7-19(16)29-2)34-24(26-18)27-23(28)25(10-11-25)17-8-9-20-21(13-17)31-15-30-20/h4-9,13H,3,10-12,14-15H2,1-2H3,(H,26,27,28). The molecule has 0 atom stereocenters. The Kier molecular flexibility index (Phi) is 6.40. The summed E-state index contributed by atoms with van der Waals surface area (Å²) >= 11 is 1.44. The summed E-state index contributed by atoms with van der Waals surface area (Å²) in [6, 6.07) is 13.6. The number of thiazole rings is 1. The normalized spacial score (nSPS) is 15.2. The molecule has 1 saturated carbocycles. The van der Waals surface area contributed by atoms with Crippen LogP contribution in [0.1, 0.15) is 41.5 Å². The second kappa shape index (κ2) is 9.61. The predicted molar refractivity (Wildman–Crippen MR) is 126 cm³/mol. The fraction of sp³-hybridized carbons (Fsp3) is 0.360. The molecule has 3 aromatic rings. The summed E-state index contributed by atoms with van der Waals surface area (Å²) in [6.45, 7) is 2.69. The van der Waals surface area contributed by atoms with Gasteiger partial charge < -0.3 is 19.5 Å². The highest BCUT2D eigenvalue weighted by Gasteiger charge is 2.52. The number of para-hydroxylation sites is 1. The molecule has 2 heterocycles. The van der Waals surface area contributed by atoms with Crippen molar-refractivity contribution in [3.63, 3.8) is 0 Å². The molecule has 2 aliphatic rings. The molecule has 0 bridgehead atoms. The van der Waals surface area contributed by atoms with Gasteiger partial charge in [0.1, 0.15) is 12.4 Å². The van der Waals surface area contributed by atoms with Crippen molar-refractivity contribution in [3.8, 4) is 17.2 Å². The van der Waals surface area contributed by atoms with E-state index in [1.54, 1.807) is 7.11 Å². The third-order valence-electron chi connectivity index (χ3n) is 6.05. The lowest BCUT2D eigenvalue weighted by molar-refractivity contribution is -0.301. The Morgan fingerprint density at radius 2 is 1.97 bits per heavy atom. The highest BCUT2D eigenvalue weighted by molar-refractivity contribution is 7.15. The Morgan fingerprint density at radius 3 is 2.76 bits per heavy atom. The van der Waals surface area contributed by atoms with E-state index in [4.69, 9.17) is 24.0 Å². The fourth-order valence-corrected chi connectivity index (χ4v) is 5.06. The van der Waals surface area contributed by atoms with Crippen molar-refractivity contribution >= 4 is 22.4 Å². The number of methoxy groups -OCH3 is 1. The van der Waals surface area contributed by atoms with Gasteiger partial charge in [0.15, 0.2) is 16.6 Å². The molecule has 0 saturated heterocycles. The molecule has 0 spiro atoms. The van der Waals surface area contributed by atoms with Gasteiger partial charge in [0.05, 0.1) is 24.8 Å². The SMILES string of the molecule is CCOOCc1nc(NC(=O)C2(c3ccc4c(c3)OCO4)CC2)sc1Cc1ccccc1OC. The first-order valence-electron chi connectivity index (χ1n) is 11.2. The minimum atomic E-state index is -0.572. The summed E-state index contributed by atoms with van der Waals surface area (Å²) in [5, 5.41) is 3.58. The van der Waals surface area contributed by atoms with Gasteiger partial charge in [-0.1, -0.05) is 24.3 Å². The molecule has 178 valence electrons. The fourth-order valence-electron chi connectivity index (χ4n) is 4.07. The molecule has 1 aromatic heterocycles. The monoisotopic (exact) mass is 482 g/mol. The van der Waals surface area contributed by atoms with E-state index >= 15 is 0 Å². The molecule has 9 heteroatoms. The maximum Gasteiger partial charge on any atom is 0.236 e. The van der Waals surface area contributed by atoms with Crippen LogP contribution in [0, 0.1) is 0 Å². The van der Waals surface area contributed by atoms with E-state index in [1.165, 1.54) is 11.3 Å². The van der Waals surface area contributed by atoms with Crippen molar-refractivity contribution in [2.45, 2.75) is 38.2 Å². The number of nitrogens with zero attached hydrogens (tertiary/aromatic N) is 1. The molecule has 0 unspecified atom stereocenters. The predicted octanol–water partition coefficient (Wildman–Crippen LogP) is 4.61. The lowest BCUT2D eigenvalue weighted by atomic mass is 9.94. The zero-order valence-corrected chi connectivity index (χ0v) is 19.9. The zero-order valence-electron chi connectivity index (χ0n) is 19.1. The molecule has 1 amide bonds. The van der Waals surface area contributed by atoms with Crippen molar-refractivity contribution in [3.05, 3.63) is 64.2 Å². The van der Waals surface area contributed by atoms with E-state index in [9.17, 15) is 4.79 Å². The van der Waals surface area contributed by atoms with E-state index in [0.29, 0.717) is 29.7 Å². The molecule has 1 aliphatic carbocycles. The summed E-state index contributed by atoms with van der Waals surface area (Å²) < 4.78 is 16.4. The number of hydrogen-bond acceptors (Lipinski definition) is 8.